The Morgan fingerprint density at radius 2 is 1.66 bits per heavy atom. The first-order chi connectivity index (χ1) is 15.3. The second-order valence-corrected chi connectivity index (χ2v) is 8.24. The van der Waals surface area contributed by atoms with E-state index >= 15 is 0 Å². The first-order valence-corrected chi connectivity index (χ1v) is 11.2. The minimum atomic E-state index is -0.725. The maximum Gasteiger partial charge on any atom is 0.295 e. The smallest absolute Gasteiger partial charge is 0.295 e. The number of hydrogen-bond donors (Lipinski definition) is 2. The van der Waals surface area contributed by atoms with Crippen molar-refractivity contribution in [2.24, 2.45) is 0 Å². The van der Waals surface area contributed by atoms with Crippen LogP contribution in [0.25, 0.3) is 5.76 Å². The summed E-state index contributed by atoms with van der Waals surface area (Å²) < 4.78 is 0. The molecule has 0 spiro atoms. The van der Waals surface area contributed by atoms with Gasteiger partial charge in [0.05, 0.1) is 17.2 Å². The Bertz CT molecular complexity index is 1030. The van der Waals surface area contributed by atoms with Crippen LogP contribution < -0.4 is 0 Å². The molecular weight excluding hydrogens is 404 g/mol. The van der Waals surface area contributed by atoms with Gasteiger partial charge in [-0.15, -0.1) is 0 Å². The number of nitrogens with zero attached hydrogens (tertiary/aromatic N) is 2. The molecule has 2 aromatic carbocycles. The van der Waals surface area contributed by atoms with Crippen LogP contribution in [0.15, 0.2) is 48.0 Å². The van der Waals surface area contributed by atoms with Crippen LogP contribution in [0.3, 0.4) is 0 Å². The molecule has 0 radical (unpaired) electrons. The molecule has 0 aliphatic carbocycles. The van der Waals surface area contributed by atoms with Crippen LogP contribution in [0.4, 0.5) is 0 Å². The SMILES string of the molecule is CCN(CC)CCCN1C(=O)C(=O)/C(=C(/O)c2cc(C)c(C)cc2O)C1c1ccccc1. The molecule has 2 aromatic rings. The van der Waals surface area contributed by atoms with E-state index < -0.39 is 17.7 Å². The van der Waals surface area contributed by atoms with Gasteiger partial charge in [0.1, 0.15) is 11.5 Å². The van der Waals surface area contributed by atoms with Crippen molar-refractivity contribution >= 4 is 17.4 Å². The number of carbonyl (C=O) groups excluding carboxylic acids is 2. The number of carbonyl (C=O) groups is 2. The van der Waals surface area contributed by atoms with Gasteiger partial charge in [-0.3, -0.25) is 9.59 Å². The van der Waals surface area contributed by atoms with Gasteiger partial charge in [-0.1, -0.05) is 44.2 Å². The number of aryl methyl sites for hydroxylation is 2. The van der Waals surface area contributed by atoms with E-state index in [1.165, 1.54) is 0 Å². The van der Waals surface area contributed by atoms with E-state index in [9.17, 15) is 19.8 Å². The van der Waals surface area contributed by atoms with Crippen molar-refractivity contribution in [2.75, 3.05) is 26.2 Å². The van der Waals surface area contributed by atoms with Crippen molar-refractivity contribution in [1.29, 1.82) is 0 Å². The van der Waals surface area contributed by atoms with Crippen molar-refractivity contribution in [3.8, 4) is 5.75 Å². The maximum absolute atomic E-state index is 13.1. The normalized spacial score (nSPS) is 18.0. The zero-order chi connectivity index (χ0) is 23.4. The highest BCUT2D eigenvalue weighted by molar-refractivity contribution is 6.46. The summed E-state index contributed by atoms with van der Waals surface area (Å²) in [5.41, 5.74) is 2.67. The largest absolute Gasteiger partial charge is 0.507 e. The molecule has 1 amide bonds. The number of aromatic hydroxyl groups is 1. The summed E-state index contributed by atoms with van der Waals surface area (Å²) in [4.78, 5) is 29.9. The highest BCUT2D eigenvalue weighted by Crippen LogP contribution is 2.41. The van der Waals surface area contributed by atoms with Crippen LogP contribution in [0, 0.1) is 13.8 Å². The van der Waals surface area contributed by atoms with Gasteiger partial charge in [-0.25, -0.2) is 0 Å². The fourth-order valence-corrected chi connectivity index (χ4v) is 4.23. The van der Waals surface area contributed by atoms with E-state index in [4.69, 9.17) is 0 Å². The van der Waals surface area contributed by atoms with Gasteiger partial charge in [-0.2, -0.15) is 0 Å². The Kier molecular flexibility index (Phi) is 7.36. The third-order valence-electron chi connectivity index (χ3n) is 6.29. The number of hydrogen-bond acceptors (Lipinski definition) is 5. The van der Waals surface area contributed by atoms with Crippen LogP contribution in [0.1, 0.15) is 48.6 Å². The zero-order valence-electron chi connectivity index (χ0n) is 19.3. The van der Waals surface area contributed by atoms with Gasteiger partial charge in [0, 0.05) is 6.54 Å². The Hall–Kier alpha value is -3.12. The van der Waals surface area contributed by atoms with Gasteiger partial charge in [-0.05, 0) is 68.7 Å². The number of rotatable bonds is 8. The van der Waals surface area contributed by atoms with Crippen molar-refractivity contribution in [3.05, 3.63) is 70.3 Å². The minimum absolute atomic E-state index is 0.0163. The Labute approximate surface area is 189 Å². The summed E-state index contributed by atoms with van der Waals surface area (Å²) in [5.74, 6) is -1.81. The predicted molar refractivity (Wildman–Crippen MR) is 125 cm³/mol. The summed E-state index contributed by atoms with van der Waals surface area (Å²) in [6.07, 6.45) is 0.715. The number of aliphatic hydroxyl groups excluding tert-OH is 1. The second-order valence-electron chi connectivity index (χ2n) is 8.24. The lowest BCUT2D eigenvalue weighted by Gasteiger charge is -2.26. The fraction of sp³-hybridized carbons (Fsp3) is 0.385. The van der Waals surface area contributed by atoms with Gasteiger partial charge in [0.2, 0.25) is 0 Å². The molecule has 3 rings (SSSR count). The summed E-state index contributed by atoms with van der Waals surface area (Å²) in [5, 5.41) is 21.6. The number of phenols is 1. The molecular formula is C26H32N2O4. The molecule has 170 valence electrons. The van der Waals surface area contributed by atoms with Crippen LogP contribution in [0.5, 0.6) is 5.75 Å². The van der Waals surface area contributed by atoms with E-state index in [0.717, 1.165) is 36.3 Å². The van der Waals surface area contributed by atoms with Crippen LogP contribution in [0.2, 0.25) is 0 Å². The number of amides is 1. The lowest BCUT2D eigenvalue weighted by atomic mass is 9.94. The minimum Gasteiger partial charge on any atom is -0.507 e. The molecule has 1 fully saturated rings. The summed E-state index contributed by atoms with van der Waals surface area (Å²) >= 11 is 0. The fourth-order valence-electron chi connectivity index (χ4n) is 4.23. The summed E-state index contributed by atoms with van der Waals surface area (Å²) in [6.45, 7) is 11.0. The standard InChI is InChI=1S/C26H32N2O4/c1-5-27(6-2)13-10-14-28-23(19-11-8-7-9-12-19)22(25(31)26(28)32)24(30)20-15-17(3)18(4)16-21(20)29/h7-9,11-12,15-16,23,29-30H,5-6,10,13-14H2,1-4H3/b24-22+. The molecule has 2 N–H and O–H groups in total. The second kappa shape index (κ2) is 10.0. The highest BCUT2D eigenvalue weighted by atomic mass is 16.3. The van der Waals surface area contributed by atoms with E-state index in [1.807, 2.05) is 44.2 Å². The maximum atomic E-state index is 13.1. The van der Waals surface area contributed by atoms with Gasteiger partial charge in [0.25, 0.3) is 11.7 Å². The molecule has 0 aromatic heterocycles. The van der Waals surface area contributed by atoms with E-state index in [1.54, 1.807) is 17.0 Å². The van der Waals surface area contributed by atoms with Gasteiger partial charge < -0.3 is 20.0 Å². The molecule has 1 saturated heterocycles. The molecule has 1 unspecified atom stereocenters. The quantitative estimate of drug-likeness (QED) is 0.369. The molecule has 0 saturated carbocycles. The first kappa shape index (κ1) is 23.5. The lowest BCUT2D eigenvalue weighted by Crippen LogP contribution is -2.33. The zero-order valence-corrected chi connectivity index (χ0v) is 19.3. The van der Waals surface area contributed by atoms with Crippen molar-refractivity contribution in [3.63, 3.8) is 0 Å². The van der Waals surface area contributed by atoms with Crippen LogP contribution in [-0.4, -0.2) is 57.9 Å². The molecule has 1 atom stereocenters. The Balaban J connectivity index is 2.06. The Morgan fingerprint density at radius 1 is 1.03 bits per heavy atom. The summed E-state index contributed by atoms with van der Waals surface area (Å²) in [7, 11) is 0. The average Bonchev–Trinajstić information content (AvgIpc) is 3.04. The number of phenolic OH excluding ortho intramolecular Hbond substituents is 1. The van der Waals surface area contributed by atoms with Crippen molar-refractivity contribution in [2.45, 2.75) is 40.2 Å². The number of Topliss-reactive ketones (excluding diaryl/α,β-unsaturated/α-hetero) is 1. The topological polar surface area (TPSA) is 81.1 Å². The number of likely N-dealkylation sites (tertiary alicyclic amines) is 1. The van der Waals surface area contributed by atoms with Crippen molar-refractivity contribution in [1.82, 2.24) is 9.80 Å². The third kappa shape index (κ3) is 4.55. The van der Waals surface area contributed by atoms with E-state index in [2.05, 4.69) is 18.7 Å². The monoisotopic (exact) mass is 436 g/mol. The number of benzene rings is 2. The molecule has 1 aliphatic rings. The third-order valence-corrected chi connectivity index (χ3v) is 6.29. The summed E-state index contributed by atoms with van der Waals surface area (Å²) in [6, 6.07) is 11.8. The van der Waals surface area contributed by atoms with Crippen LogP contribution in [-0.2, 0) is 9.59 Å². The average molecular weight is 437 g/mol. The molecule has 0 bridgehead atoms. The molecule has 6 heteroatoms. The van der Waals surface area contributed by atoms with E-state index in [0.29, 0.717) is 13.0 Å². The Morgan fingerprint density at radius 3 is 2.28 bits per heavy atom. The van der Waals surface area contributed by atoms with E-state index in [-0.39, 0.29) is 22.6 Å². The molecule has 6 nitrogen and oxygen atoms in total. The highest BCUT2D eigenvalue weighted by Gasteiger charge is 2.46. The van der Waals surface area contributed by atoms with Crippen LogP contribution >= 0.6 is 0 Å². The molecule has 1 heterocycles. The molecule has 1 aliphatic heterocycles. The lowest BCUT2D eigenvalue weighted by molar-refractivity contribution is -0.140. The van der Waals surface area contributed by atoms with Crippen molar-refractivity contribution < 1.29 is 19.8 Å². The molecule has 32 heavy (non-hydrogen) atoms. The first-order valence-electron chi connectivity index (χ1n) is 11.2. The number of aliphatic hydroxyl groups is 1. The number of ketones is 1. The predicted octanol–water partition coefficient (Wildman–Crippen LogP) is 4.16. The van der Waals surface area contributed by atoms with Gasteiger partial charge >= 0.3 is 0 Å². The van der Waals surface area contributed by atoms with Gasteiger partial charge in [0.15, 0.2) is 0 Å².